The Morgan fingerprint density at radius 2 is 2.11 bits per heavy atom. The van der Waals surface area contributed by atoms with Crippen molar-refractivity contribution in [2.24, 2.45) is 0 Å². The van der Waals surface area contributed by atoms with Gasteiger partial charge in [0, 0.05) is 24.2 Å². The summed E-state index contributed by atoms with van der Waals surface area (Å²) in [6, 6.07) is 5.15. The van der Waals surface area contributed by atoms with Crippen LogP contribution in [0.1, 0.15) is 11.1 Å². The maximum Gasteiger partial charge on any atom is 0.142 e. The van der Waals surface area contributed by atoms with E-state index < -0.39 is 0 Å². The molecule has 0 aliphatic carbocycles. The number of rotatable bonds is 2. The molecule has 0 amide bonds. The number of halogens is 1. The second-order valence-corrected chi connectivity index (χ2v) is 4.13. The maximum atomic E-state index is 13.2. The van der Waals surface area contributed by atoms with E-state index in [1.54, 1.807) is 12.3 Å². The number of pyridine rings is 2. The van der Waals surface area contributed by atoms with Crippen molar-refractivity contribution >= 4 is 16.9 Å². The molecule has 0 aromatic carbocycles. The van der Waals surface area contributed by atoms with Crippen LogP contribution in [0.3, 0.4) is 0 Å². The molecule has 3 rings (SSSR count). The topological polar surface area (TPSA) is 67.6 Å². The van der Waals surface area contributed by atoms with Gasteiger partial charge < -0.3 is 10.7 Å². The van der Waals surface area contributed by atoms with Gasteiger partial charge in [-0.2, -0.15) is 0 Å². The minimum absolute atomic E-state index is 0.334. The Labute approximate surface area is 103 Å². The number of nitrogens with one attached hydrogen (secondary N) is 1. The van der Waals surface area contributed by atoms with Crippen LogP contribution in [0.4, 0.5) is 10.2 Å². The number of fused-ring (bicyclic) bond motifs is 1. The van der Waals surface area contributed by atoms with Gasteiger partial charge in [0.1, 0.15) is 17.3 Å². The molecule has 3 N–H and O–H groups in total. The second-order valence-electron chi connectivity index (χ2n) is 4.13. The van der Waals surface area contributed by atoms with Gasteiger partial charge in [0.25, 0.3) is 0 Å². The molecule has 0 fully saturated rings. The van der Waals surface area contributed by atoms with Crippen LogP contribution in [0.5, 0.6) is 0 Å². The number of H-pyrrole nitrogens is 1. The van der Waals surface area contributed by atoms with Crippen molar-refractivity contribution in [3.05, 3.63) is 53.7 Å². The lowest BCUT2D eigenvalue weighted by Crippen LogP contribution is -1.92. The number of hydrogen-bond acceptors (Lipinski definition) is 3. The molecule has 0 aliphatic heterocycles. The highest BCUT2D eigenvalue weighted by Gasteiger charge is 2.07. The fourth-order valence-electron chi connectivity index (χ4n) is 1.94. The number of aromatic amines is 1. The zero-order valence-electron chi connectivity index (χ0n) is 9.52. The van der Waals surface area contributed by atoms with Gasteiger partial charge in [0.15, 0.2) is 0 Å². The summed E-state index contributed by atoms with van der Waals surface area (Å²) in [6.07, 6.45) is 5.43. The van der Waals surface area contributed by atoms with Crippen molar-refractivity contribution in [3.8, 4) is 0 Å². The maximum absolute atomic E-state index is 13.2. The predicted octanol–water partition coefficient (Wildman–Crippen LogP) is 2.27. The SMILES string of the molecule is Nc1ccc(Cc2c[nH]c3ncc(F)cc23)cn1. The molecule has 3 aromatic heterocycles. The quantitative estimate of drug-likeness (QED) is 0.724. The second kappa shape index (κ2) is 4.10. The number of aromatic nitrogens is 3. The molecule has 0 saturated carbocycles. The summed E-state index contributed by atoms with van der Waals surface area (Å²) < 4.78 is 13.2. The number of nitrogens with two attached hydrogens (primary N) is 1. The molecular weight excluding hydrogens is 231 g/mol. The highest BCUT2D eigenvalue weighted by Crippen LogP contribution is 2.20. The van der Waals surface area contributed by atoms with Crippen LogP contribution in [0.25, 0.3) is 11.0 Å². The molecule has 5 heteroatoms. The third-order valence-electron chi connectivity index (χ3n) is 2.83. The van der Waals surface area contributed by atoms with E-state index in [4.69, 9.17) is 5.73 Å². The largest absolute Gasteiger partial charge is 0.384 e. The Kier molecular flexibility index (Phi) is 2.44. The first-order valence-corrected chi connectivity index (χ1v) is 5.54. The fourth-order valence-corrected chi connectivity index (χ4v) is 1.94. The van der Waals surface area contributed by atoms with Crippen LogP contribution in [0.15, 0.2) is 36.8 Å². The van der Waals surface area contributed by atoms with Crippen molar-refractivity contribution < 1.29 is 4.39 Å². The molecule has 0 bridgehead atoms. The summed E-state index contributed by atoms with van der Waals surface area (Å²) in [5, 5.41) is 0.798. The monoisotopic (exact) mass is 242 g/mol. The van der Waals surface area contributed by atoms with Gasteiger partial charge in [0.2, 0.25) is 0 Å². The van der Waals surface area contributed by atoms with Gasteiger partial charge in [0.05, 0.1) is 6.20 Å². The number of nitrogens with zero attached hydrogens (tertiary/aromatic N) is 2. The van der Waals surface area contributed by atoms with Crippen LogP contribution in [0, 0.1) is 5.82 Å². The van der Waals surface area contributed by atoms with Crippen LogP contribution in [-0.4, -0.2) is 15.0 Å². The third kappa shape index (κ3) is 1.90. The van der Waals surface area contributed by atoms with E-state index in [0.717, 1.165) is 16.5 Å². The first kappa shape index (κ1) is 10.7. The van der Waals surface area contributed by atoms with Crippen LogP contribution < -0.4 is 5.73 Å². The number of nitrogen functional groups attached to an aromatic ring is 1. The Bertz CT molecular complexity index is 688. The lowest BCUT2D eigenvalue weighted by Gasteiger charge is -2.00. The average Bonchev–Trinajstić information content (AvgIpc) is 2.75. The van der Waals surface area contributed by atoms with Crippen LogP contribution in [0.2, 0.25) is 0 Å². The average molecular weight is 242 g/mol. The van der Waals surface area contributed by atoms with E-state index in [2.05, 4.69) is 15.0 Å². The molecular formula is C13H11FN4. The number of hydrogen-bond donors (Lipinski definition) is 2. The van der Waals surface area contributed by atoms with Gasteiger partial charge in [-0.3, -0.25) is 0 Å². The van der Waals surface area contributed by atoms with E-state index in [1.807, 2.05) is 12.3 Å². The van der Waals surface area contributed by atoms with Crippen molar-refractivity contribution in [3.63, 3.8) is 0 Å². The van der Waals surface area contributed by atoms with Crippen LogP contribution in [-0.2, 0) is 6.42 Å². The summed E-state index contributed by atoms with van der Waals surface area (Å²) in [4.78, 5) is 11.1. The highest BCUT2D eigenvalue weighted by atomic mass is 19.1. The molecule has 0 aliphatic rings. The summed E-state index contributed by atoms with van der Waals surface area (Å²) in [6.45, 7) is 0. The van der Waals surface area contributed by atoms with Crippen molar-refractivity contribution in [1.82, 2.24) is 15.0 Å². The van der Waals surface area contributed by atoms with Crippen LogP contribution >= 0.6 is 0 Å². The lowest BCUT2D eigenvalue weighted by atomic mass is 10.1. The Balaban J connectivity index is 1.99. The minimum atomic E-state index is -0.334. The first-order valence-electron chi connectivity index (χ1n) is 5.54. The van der Waals surface area contributed by atoms with E-state index in [0.29, 0.717) is 17.9 Å². The van der Waals surface area contributed by atoms with E-state index >= 15 is 0 Å². The molecule has 0 saturated heterocycles. The van der Waals surface area contributed by atoms with Gasteiger partial charge in [-0.15, -0.1) is 0 Å². The molecule has 18 heavy (non-hydrogen) atoms. The molecule has 0 radical (unpaired) electrons. The lowest BCUT2D eigenvalue weighted by molar-refractivity contribution is 0.624. The summed E-state index contributed by atoms with van der Waals surface area (Å²) in [5.74, 6) is 0.157. The molecule has 3 aromatic rings. The molecule has 4 nitrogen and oxygen atoms in total. The smallest absolute Gasteiger partial charge is 0.142 e. The van der Waals surface area contributed by atoms with Gasteiger partial charge in [-0.1, -0.05) is 6.07 Å². The highest BCUT2D eigenvalue weighted by molar-refractivity contribution is 5.79. The standard InChI is InChI=1S/C13H11FN4/c14-10-4-11-9(6-17-13(11)18-7-10)3-8-1-2-12(15)16-5-8/h1-2,4-7H,3H2,(H2,15,16)(H,17,18). The zero-order valence-corrected chi connectivity index (χ0v) is 9.52. The van der Waals surface area contributed by atoms with Gasteiger partial charge in [-0.25, -0.2) is 14.4 Å². The molecule has 90 valence electrons. The van der Waals surface area contributed by atoms with Crippen molar-refractivity contribution in [2.75, 3.05) is 5.73 Å². The van der Waals surface area contributed by atoms with E-state index in [9.17, 15) is 4.39 Å². The minimum Gasteiger partial charge on any atom is -0.384 e. The summed E-state index contributed by atoms with van der Waals surface area (Å²) in [5.41, 5.74) is 8.24. The molecule has 0 atom stereocenters. The normalized spacial score (nSPS) is 10.9. The zero-order chi connectivity index (χ0) is 12.5. The number of anilines is 1. The Morgan fingerprint density at radius 1 is 1.22 bits per heavy atom. The van der Waals surface area contributed by atoms with Crippen molar-refractivity contribution in [1.29, 1.82) is 0 Å². The van der Waals surface area contributed by atoms with Gasteiger partial charge in [-0.05, 0) is 23.3 Å². The molecule has 3 heterocycles. The Morgan fingerprint density at radius 3 is 2.89 bits per heavy atom. The first-order chi connectivity index (χ1) is 8.72. The summed E-state index contributed by atoms with van der Waals surface area (Å²) >= 11 is 0. The van der Waals surface area contributed by atoms with E-state index in [1.165, 1.54) is 12.3 Å². The van der Waals surface area contributed by atoms with Gasteiger partial charge >= 0.3 is 0 Å². The van der Waals surface area contributed by atoms with Crippen molar-refractivity contribution in [2.45, 2.75) is 6.42 Å². The summed E-state index contributed by atoms with van der Waals surface area (Å²) in [7, 11) is 0. The fraction of sp³-hybridized carbons (Fsp3) is 0.0769. The predicted molar refractivity (Wildman–Crippen MR) is 67.5 cm³/mol. The molecule has 0 spiro atoms. The molecule has 0 unspecified atom stereocenters. The Hall–Kier alpha value is -2.43. The van der Waals surface area contributed by atoms with E-state index in [-0.39, 0.29) is 5.82 Å². The third-order valence-corrected chi connectivity index (χ3v) is 2.83.